The van der Waals surface area contributed by atoms with Crippen molar-refractivity contribution in [1.82, 2.24) is 4.90 Å². The molecule has 0 aromatic heterocycles. The van der Waals surface area contributed by atoms with Crippen LogP contribution in [-0.4, -0.2) is 53.8 Å². The quantitative estimate of drug-likeness (QED) is 0.893. The molecule has 6 heteroatoms. The van der Waals surface area contributed by atoms with E-state index in [-0.39, 0.29) is 24.5 Å². The lowest BCUT2D eigenvalue weighted by Crippen LogP contribution is -2.53. The summed E-state index contributed by atoms with van der Waals surface area (Å²) in [6.45, 7) is 6.58. The van der Waals surface area contributed by atoms with Crippen molar-refractivity contribution in [2.75, 3.05) is 19.7 Å². The average Bonchev–Trinajstić information content (AvgIpc) is 2.89. The van der Waals surface area contributed by atoms with Gasteiger partial charge >= 0.3 is 5.97 Å². The van der Waals surface area contributed by atoms with E-state index in [0.717, 1.165) is 22.4 Å². The van der Waals surface area contributed by atoms with Crippen molar-refractivity contribution < 1.29 is 24.2 Å². The molecule has 0 aliphatic carbocycles. The summed E-state index contributed by atoms with van der Waals surface area (Å²) in [4.78, 5) is 25.6. The zero-order valence-corrected chi connectivity index (χ0v) is 13.5. The monoisotopic (exact) mass is 319 g/mol. The number of aliphatic carboxylic acids is 1. The average molecular weight is 319 g/mol. The van der Waals surface area contributed by atoms with E-state index >= 15 is 0 Å². The smallest absolute Gasteiger partial charge is 0.334 e. The molecule has 1 amide bonds. The van der Waals surface area contributed by atoms with Gasteiger partial charge in [0.2, 0.25) is 5.91 Å². The third kappa shape index (κ3) is 2.91. The van der Waals surface area contributed by atoms with Crippen molar-refractivity contribution in [2.45, 2.75) is 38.9 Å². The zero-order chi connectivity index (χ0) is 16.7. The van der Waals surface area contributed by atoms with E-state index in [1.165, 1.54) is 0 Å². The van der Waals surface area contributed by atoms with Crippen LogP contribution in [0.25, 0.3) is 0 Å². The maximum absolute atomic E-state index is 12.9. The number of fused-ring (bicyclic) bond motifs is 1. The van der Waals surface area contributed by atoms with Crippen LogP contribution in [0.5, 0.6) is 5.75 Å². The van der Waals surface area contributed by atoms with Crippen LogP contribution < -0.4 is 4.74 Å². The van der Waals surface area contributed by atoms with Crippen LogP contribution in [-0.2, 0) is 14.3 Å². The van der Waals surface area contributed by atoms with Crippen LogP contribution in [0.3, 0.4) is 0 Å². The lowest BCUT2D eigenvalue weighted by molar-refractivity contribution is -0.167. The Balaban J connectivity index is 1.82. The Kier molecular flexibility index (Phi) is 4.02. The molecule has 124 valence electrons. The van der Waals surface area contributed by atoms with Crippen LogP contribution in [0, 0.1) is 13.8 Å². The molecule has 2 unspecified atom stereocenters. The highest BCUT2D eigenvalue weighted by Crippen LogP contribution is 2.37. The minimum absolute atomic E-state index is 0.0786. The lowest BCUT2D eigenvalue weighted by Gasteiger charge is -2.36. The lowest BCUT2D eigenvalue weighted by atomic mass is 9.95. The molecule has 2 heterocycles. The molecule has 3 rings (SSSR count). The predicted molar refractivity (Wildman–Crippen MR) is 82.7 cm³/mol. The number of morpholine rings is 1. The fourth-order valence-electron chi connectivity index (χ4n) is 3.16. The Bertz CT molecular complexity index is 657. The molecule has 1 aromatic carbocycles. The summed E-state index contributed by atoms with van der Waals surface area (Å²) >= 11 is 0. The maximum atomic E-state index is 12.9. The summed E-state index contributed by atoms with van der Waals surface area (Å²) in [5, 5.41) is 9.16. The Morgan fingerprint density at radius 3 is 2.61 bits per heavy atom. The predicted octanol–water partition coefficient (Wildman–Crippen LogP) is 1.48. The number of benzene rings is 1. The van der Waals surface area contributed by atoms with Gasteiger partial charge in [0, 0.05) is 12.1 Å². The molecular formula is C17H21NO5. The molecule has 0 spiro atoms. The Morgan fingerprint density at radius 2 is 1.91 bits per heavy atom. The first-order chi connectivity index (χ1) is 10.9. The van der Waals surface area contributed by atoms with E-state index in [4.69, 9.17) is 14.6 Å². The summed E-state index contributed by atoms with van der Waals surface area (Å²) in [7, 11) is 0. The van der Waals surface area contributed by atoms with Crippen LogP contribution >= 0.6 is 0 Å². The number of carboxylic acid groups (broad SMARTS) is 1. The van der Waals surface area contributed by atoms with E-state index in [9.17, 15) is 9.59 Å². The topological polar surface area (TPSA) is 76.1 Å². The van der Waals surface area contributed by atoms with Gasteiger partial charge in [0.05, 0.1) is 12.6 Å². The first kappa shape index (κ1) is 15.8. The van der Waals surface area contributed by atoms with Gasteiger partial charge in [-0.1, -0.05) is 6.07 Å². The van der Waals surface area contributed by atoms with Crippen LogP contribution in [0.1, 0.15) is 29.5 Å². The maximum Gasteiger partial charge on any atom is 0.334 e. The van der Waals surface area contributed by atoms with Crippen molar-refractivity contribution in [1.29, 1.82) is 0 Å². The second-order valence-electron chi connectivity index (χ2n) is 6.35. The number of ether oxygens (including phenoxy) is 2. The van der Waals surface area contributed by atoms with Crippen molar-refractivity contribution >= 4 is 11.9 Å². The van der Waals surface area contributed by atoms with Crippen LogP contribution in [0.2, 0.25) is 0 Å². The number of carboxylic acids is 1. The van der Waals surface area contributed by atoms with Gasteiger partial charge < -0.3 is 19.5 Å². The number of carbonyl (C=O) groups is 2. The number of hydrogen-bond donors (Lipinski definition) is 1. The van der Waals surface area contributed by atoms with Gasteiger partial charge in [-0.25, -0.2) is 4.79 Å². The van der Waals surface area contributed by atoms with Gasteiger partial charge in [-0.05, 0) is 38.0 Å². The van der Waals surface area contributed by atoms with Gasteiger partial charge in [0.25, 0.3) is 0 Å². The summed E-state index contributed by atoms with van der Waals surface area (Å²) in [5.41, 5.74) is 3.14. The second kappa shape index (κ2) is 5.85. The molecule has 0 bridgehead atoms. The molecule has 0 radical (unpaired) electrons. The van der Waals surface area contributed by atoms with Crippen molar-refractivity contribution in [3.05, 3.63) is 28.8 Å². The SMILES string of the molecule is Cc1cc2c(cc1C)C(C(=O)N1CC(C(=O)O)O[C@H](C)C1)CO2. The zero-order valence-electron chi connectivity index (χ0n) is 13.5. The van der Waals surface area contributed by atoms with Gasteiger partial charge in [0.15, 0.2) is 6.10 Å². The third-order valence-electron chi connectivity index (χ3n) is 4.55. The molecule has 2 aliphatic rings. The fourth-order valence-corrected chi connectivity index (χ4v) is 3.16. The minimum atomic E-state index is -1.04. The number of aryl methyl sites for hydroxylation is 2. The standard InChI is InChI=1S/C17H21NO5/c1-9-4-12-13(8-22-14(12)5-10(9)2)16(19)18-6-11(3)23-15(7-18)17(20)21/h4-5,11,13,15H,6-8H2,1-3H3,(H,20,21)/t11-,13?,15?/m1/s1. The first-order valence-electron chi connectivity index (χ1n) is 7.77. The fraction of sp³-hybridized carbons (Fsp3) is 0.529. The highest BCUT2D eigenvalue weighted by Gasteiger charge is 2.38. The Labute approximate surface area is 135 Å². The highest BCUT2D eigenvalue weighted by atomic mass is 16.5. The first-order valence-corrected chi connectivity index (χ1v) is 7.77. The molecule has 1 N–H and O–H groups in total. The molecule has 1 fully saturated rings. The van der Waals surface area contributed by atoms with Gasteiger partial charge in [-0.2, -0.15) is 0 Å². The minimum Gasteiger partial charge on any atom is -0.492 e. The van der Waals surface area contributed by atoms with E-state index in [0.29, 0.717) is 13.2 Å². The molecule has 1 aromatic rings. The molecular weight excluding hydrogens is 298 g/mol. The van der Waals surface area contributed by atoms with Crippen molar-refractivity contribution in [3.8, 4) is 5.75 Å². The summed E-state index contributed by atoms with van der Waals surface area (Å²) in [6.07, 6.45) is -1.26. The molecule has 0 saturated carbocycles. The summed E-state index contributed by atoms with van der Waals surface area (Å²) in [6, 6.07) is 3.96. The molecule has 3 atom stereocenters. The Hall–Kier alpha value is -2.08. The number of nitrogens with zero attached hydrogens (tertiary/aromatic N) is 1. The summed E-state index contributed by atoms with van der Waals surface area (Å²) < 4.78 is 11.0. The van der Waals surface area contributed by atoms with Crippen LogP contribution in [0.4, 0.5) is 0 Å². The third-order valence-corrected chi connectivity index (χ3v) is 4.55. The number of carbonyl (C=O) groups excluding carboxylic acids is 1. The van der Waals surface area contributed by atoms with Gasteiger partial charge in [-0.15, -0.1) is 0 Å². The van der Waals surface area contributed by atoms with Crippen LogP contribution in [0.15, 0.2) is 12.1 Å². The van der Waals surface area contributed by atoms with Crippen molar-refractivity contribution in [3.63, 3.8) is 0 Å². The largest absolute Gasteiger partial charge is 0.492 e. The normalized spacial score (nSPS) is 26.6. The Morgan fingerprint density at radius 1 is 1.22 bits per heavy atom. The molecule has 23 heavy (non-hydrogen) atoms. The highest BCUT2D eigenvalue weighted by molar-refractivity contribution is 5.86. The van der Waals surface area contributed by atoms with Gasteiger partial charge in [-0.3, -0.25) is 4.79 Å². The van der Waals surface area contributed by atoms with E-state index in [1.807, 2.05) is 26.0 Å². The molecule has 1 saturated heterocycles. The van der Waals surface area contributed by atoms with Gasteiger partial charge in [0.1, 0.15) is 18.3 Å². The number of rotatable bonds is 2. The second-order valence-corrected chi connectivity index (χ2v) is 6.35. The number of hydrogen-bond acceptors (Lipinski definition) is 4. The van der Waals surface area contributed by atoms with E-state index in [1.54, 1.807) is 11.8 Å². The molecule has 2 aliphatic heterocycles. The van der Waals surface area contributed by atoms with Crippen molar-refractivity contribution in [2.24, 2.45) is 0 Å². The van der Waals surface area contributed by atoms with E-state index in [2.05, 4.69) is 0 Å². The summed E-state index contributed by atoms with van der Waals surface area (Å²) in [5.74, 6) is -0.746. The van der Waals surface area contributed by atoms with E-state index < -0.39 is 12.1 Å². The molecule has 6 nitrogen and oxygen atoms in total. The number of amides is 1.